The Hall–Kier alpha value is -3.58. The number of carbonyl (C=O) groups is 3. The van der Waals surface area contributed by atoms with Gasteiger partial charge in [-0.05, 0) is 56.3 Å². The van der Waals surface area contributed by atoms with Crippen molar-refractivity contribution < 1.29 is 14.4 Å². The number of para-hydroxylation sites is 1. The number of nitrogens with zero attached hydrogens (tertiary/aromatic N) is 2. The monoisotopic (exact) mass is 471 g/mol. The number of benzene rings is 3. The van der Waals surface area contributed by atoms with E-state index in [9.17, 15) is 14.4 Å². The molecule has 0 spiro atoms. The van der Waals surface area contributed by atoms with Crippen LogP contribution in [0.15, 0.2) is 82.6 Å². The zero-order chi connectivity index (χ0) is 23.8. The number of rotatable bonds is 4. The zero-order valence-corrected chi connectivity index (χ0v) is 19.8. The summed E-state index contributed by atoms with van der Waals surface area (Å²) in [4.78, 5) is 44.1. The fraction of sp³-hybridized carbons (Fsp3) is 0.222. The fourth-order valence-electron chi connectivity index (χ4n) is 4.46. The lowest BCUT2D eigenvalue weighted by molar-refractivity contribution is -0.122. The standard InChI is InChI=1S/C27H25N3O3S/c1-17(2)30-22-13-12-19(15-24(22)34-23-11-7-6-10-21(23)27(30)33)28-26(32)18-14-25(31)29(16-18)20-8-4-3-5-9-20/h3-13,15,17-18H,14,16H2,1-2H3,(H,28,32)/t18-/m0/s1. The number of amides is 3. The fourth-order valence-corrected chi connectivity index (χ4v) is 5.57. The summed E-state index contributed by atoms with van der Waals surface area (Å²) in [5, 5.41) is 2.99. The third-order valence-electron chi connectivity index (χ3n) is 6.12. The van der Waals surface area contributed by atoms with Gasteiger partial charge in [-0.2, -0.15) is 0 Å². The zero-order valence-electron chi connectivity index (χ0n) is 19.0. The quantitative estimate of drug-likeness (QED) is 0.568. The van der Waals surface area contributed by atoms with Crippen LogP contribution in [0.5, 0.6) is 0 Å². The molecule has 1 N–H and O–H groups in total. The van der Waals surface area contributed by atoms with E-state index in [2.05, 4.69) is 5.32 Å². The molecule has 6 nitrogen and oxygen atoms in total. The Bertz CT molecular complexity index is 1280. The molecule has 34 heavy (non-hydrogen) atoms. The van der Waals surface area contributed by atoms with Crippen molar-refractivity contribution in [2.45, 2.75) is 36.1 Å². The molecule has 0 aromatic heterocycles. The molecule has 0 aliphatic carbocycles. The maximum Gasteiger partial charge on any atom is 0.259 e. The molecule has 1 fully saturated rings. The number of nitrogens with one attached hydrogen (secondary N) is 1. The summed E-state index contributed by atoms with van der Waals surface area (Å²) < 4.78 is 0. The molecular formula is C27H25N3O3S. The van der Waals surface area contributed by atoms with Gasteiger partial charge in [-0.1, -0.05) is 42.1 Å². The van der Waals surface area contributed by atoms with E-state index in [4.69, 9.17) is 0 Å². The number of hydrogen-bond donors (Lipinski definition) is 1. The Morgan fingerprint density at radius 1 is 0.971 bits per heavy atom. The third kappa shape index (κ3) is 4.07. The molecular weight excluding hydrogens is 446 g/mol. The normalized spacial score (nSPS) is 17.4. The van der Waals surface area contributed by atoms with Gasteiger partial charge < -0.3 is 15.1 Å². The second kappa shape index (κ2) is 8.99. The Kier molecular flexibility index (Phi) is 5.87. The average molecular weight is 472 g/mol. The smallest absolute Gasteiger partial charge is 0.259 e. The lowest BCUT2D eigenvalue weighted by Crippen LogP contribution is -2.37. The van der Waals surface area contributed by atoms with Gasteiger partial charge >= 0.3 is 0 Å². The van der Waals surface area contributed by atoms with Gasteiger partial charge in [0.25, 0.3) is 5.91 Å². The first-order valence-electron chi connectivity index (χ1n) is 11.3. The Balaban J connectivity index is 1.39. The lowest BCUT2D eigenvalue weighted by Gasteiger charge is -2.27. The molecule has 172 valence electrons. The number of hydrogen-bond acceptors (Lipinski definition) is 4. The van der Waals surface area contributed by atoms with Crippen LogP contribution in [-0.2, 0) is 9.59 Å². The van der Waals surface area contributed by atoms with E-state index in [0.717, 1.165) is 21.2 Å². The summed E-state index contributed by atoms with van der Waals surface area (Å²) in [5.41, 5.74) is 2.96. The molecule has 7 heteroatoms. The van der Waals surface area contributed by atoms with Crippen molar-refractivity contribution in [3.05, 3.63) is 78.4 Å². The average Bonchev–Trinajstić information content (AvgIpc) is 3.17. The molecule has 3 aromatic carbocycles. The van der Waals surface area contributed by atoms with Crippen LogP contribution in [-0.4, -0.2) is 30.3 Å². The highest BCUT2D eigenvalue weighted by Crippen LogP contribution is 2.43. The highest BCUT2D eigenvalue weighted by Gasteiger charge is 2.35. The number of fused-ring (bicyclic) bond motifs is 2. The van der Waals surface area contributed by atoms with Gasteiger partial charge in [0.2, 0.25) is 11.8 Å². The Morgan fingerprint density at radius 3 is 2.47 bits per heavy atom. The van der Waals surface area contributed by atoms with Gasteiger partial charge in [-0.15, -0.1) is 0 Å². The first-order chi connectivity index (χ1) is 16.4. The van der Waals surface area contributed by atoms with Crippen molar-refractivity contribution in [2.75, 3.05) is 21.7 Å². The Morgan fingerprint density at radius 2 is 1.71 bits per heavy atom. The summed E-state index contributed by atoms with van der Waals surface area (Å²) in [6.07, 6.45) is 0.184. The van der Waals surface area contributed by atoms with Crippen molar-refractivity contribution in [3.63, 3.8) is 0 Å². The van der Waals surface area contributed by atoms with Crippen molar-refractivity contribution in [1.82, 2.24) is 0 Å². The third-order valence-corrected chi connectivity index (χ3v) is 7.25. The van der Waals surface area contributed by atoms with Crippen molar-refractivity contribution in [3.8, 4) is 0 Å². The molecule has 0 saturated carbocycles. The van der Waals surface area contributed by atoms with Crippen LogP contribution in [0.3, 0.4) is 0 Å². The summed E-state index contributed by atoms with van der Waals surface area (Å²) in [7, 11) is 0. The predicted molar refractivity (Wildman–Crippen MR) is 134 cm³/mol. The van der Waals surface area contributed by atoms with Crippen LogP contribution >= 0.6 is 11.8 Å². The molecule has 5 rings (SSSR count). The van der Waals surface area contributed by atoms with E-state index >= 15 is 0 Å². The van der Waals surface area contributed by atoms with E-state index in [1.165, 1.54) is 11.8 Å². The van der Waals surface area contributed by atoms with Crippen LogP contribution in [0.2, 0.25) is 0 Å². The highest BCUT2D eigenvalue weighted by atomic mass is 32.2. The first-order valence-corrected chi connectivity index (χ1v) is 12.1. The van der Waals surface area contributed by atoms with Gasteiger partial charge in [0.05, 0.1) is 17.2 Å². The molecule has 0 radical (unpaired) electrons. The molecule has 3 aromatic rings. The van der Waals surface area contributed by atoms with Crippen LogP contribution in [0.1, 0.15) is 30.6 Å². The number of carbonyl (C=O) groups excluding carboxylic acids is 3. The van der Waals surface area contributed by atoms with Crippen molar-refractivity contribution in [1.29, 1.82) is 0 Å². The molecule has 3 amide bonds. The molecule has 2 aliphatic rings. The second-order valence-electron chi connectivity index (χ2n) is 8.78. The minimum atomic E-state index is -0.423. The van der Waals surface area contributed by atoms with E-state index in [0.29, 0.717) is 17.8 Å². The largest absolute Gasteiger partial charge is 0.326 e. The molecule has 1 atom stereocenters. The van der Waals surface area contributed by atoms with Gasteiger partial charge in [-0.25, -0.2) is 0 Å². The first kappa shape index (κ1) is 22.2. The van der Waals surface area contributed by atoms with Gasteiger partial charge in [0, 0.05) is 40.2 Å². The lowest BCUT2D eigenvalue weighted by atomic mass is 10.1. The molecule has 2 aliphatic heterocycles. The predicted octanol–water partition coefficient (Wildman–Crippen LogP) is 5.20. The second-order valence-corrected chi connectivity index (χ2v) is 9.86. The van der Waals surface area contributed by atoms with E-state index < -0.39 is 5.92 Å². The maximum atomic E-state index is 13.3. The summed E-state index contributed by atoms with van der Waals surface area (Å²) in [5.74, 6) is -0.679. The van der Waals surface area contributed by atoms with Crippen molar-refractivity contribution >= 4 is 46.5 Å². The van der Waals surface area contributed by atoms with Crippen molar-refractivity contribution in [2.24, 2.45) is 5.92 Å². The summed E-state index contributed by atoms with van der Waals surface area (Å²) in [6.45, 7) is 4.34. The summed E-state index contributed by atoms with van der Waals surface area (Å²) in [6, 6.07) is 22.6. The van der Waals surface area contributed by atoms with Crippen LogP contribution < -0.4 is 15.1 Å². The molecule has 0 unspecified atom stereocenters. The van der Waals surface area contributed by atoms with Crippen LogP contribution in [0, 0.1) is 5.92 Å². The summed E-state index contributed by atoms with van der Waals surface area (Å²) >= 11 is 1.52. The highest BCUT2D eigenvalue weighted by molar-refractivity contribution is 7.99. The molecule has 1 saturated heterocycles. The minimum absolute atomic E-state index is 0.0214. The van der Waals surface area contributed by atoms with Crippen LogP contribution in [0.4, 0.5) is 17.1 Å². The van der Waals surface area contributed by atoms with Gasteiger partial charge in [0.1, 0.15) is 0 Å². The molecule has 2 heterocycles. The topological polar surface area (TPSA) is 69.7 Å². The Labute approximate surface area is 202 Å². The van der Waals surface area contributed by atoms with E-state index in [1.807, 2.05) is 86.6 Å². The van der Waals surface area contributed by atoms with E-state index in [1.54, 1.807) is 9.80 Å². The number of anilines is 3. The maximum absolute atomic E-state index is 13.3. The van der Waals surface area contributed by atoms with Gasteiger partial charge in [0.15, 0.2) is 0 Å². The minimum Gasteiger partial charge on any atom is -0.326 e. The van der Waals surface area contributed by atoms with Gasteiger partial charge in [-0.3, -0.25) is 14.4 Å². The van der Waals surface area contributed by atoms with Crippen LogP contribution in [0.25, 0.3) is 0 Å². The SMILES string of the molecule is CC(C)N1C(=O)c2ccccc2Sc2cc(NC(=O)[C@H]3CC(=O)N(c4ccccc4)C3)ccc21. The molecule has 0 bridgehead atoms. The van der Waals surface area contributed by atoms with E-state index in [-0.39, 0.29) is 30.2 Å².